The van der Waals surface area contributed by atoms with Crippen molar-refractivity contribution in [3.8, 4) is 5.75 Å². The molecule has 2 N–H and O–H groups in total. The fraction of sp³-hybridized carbons (Fsp3) is 0.714. The molecule has 1 aromatic rings. The highest BCUT2D eigenvalue weighted by molar-refractivity contribution is 5.44. The van der Waals surface area contributed by atoms with Gasteiger partial charge in [-0.25, -0.2) is 0 Å². The van der Waals surface area contributed by atoms with Gasteiger partial charge in [0.25, 0.3) is 0 Å². The van der Waals surface area contributed by atoms with E-state index in [4.69, 9.17) is 10.5 Å². The van der Waals surface area contributed by atoms with E-state index < -0.39 is 0 Å². The Balaban J connectivity index is 2.36. The number of likely N-dealkylation sites (tertiary alicyclic amines) is 1. The molecular formula is C21H36N2O. The summed E-state index contributed by atoms with van der Waals surface area (Å²) in [6.45, 7) is 14.8. The van der Waals surface area contributed by atoms with Crippen molar-refractivity contribution in [3.63, 3.8) is 0 Å². The quantitative estimate of drug-likeness (QED) is 0.811. The molecule has 0 spiro atoms. The van der Waals surface area contributed by atoms with Crippen LogP contribution in [0.3, 0.4) is 0 Å². The zero-order chi connectivity index (χ0) is 17.7. The first-order valence-electron chi connectivity index (χ1n) is 9.65. The lowest BCUT2D eigenvalue weighted by atomic mass is 9.83. The first-order chi connectivity index (χ1) is 11.5. The molecule has 0 amide bonds. The molecule has 2 unspecified atom stereocenters. The molecule has 0 aromatic heterocycles. The number of nitrogens with zero attached hydrogens (tertiary/aromatic N) is 1. The van der Waals surface area contributed by atoms with Crippen LogP contribution in [0.4, 0.5) is 0 Å². The zero-order valence-electron chi connectivity index (χ0n) is 16.3. The molecule has 3 heteroatoms. The molecule has 24 heavy (non-hydrogen) atoms. The van der Waals surface area contributed by atoms with Crippen LogP contribution in [0.1, 0.15) is 62.6 Å². The number of piperidine rings is 1. The number of aryl methyl sites for hydroxylation is 2. The molecule has 0 radical (unpaired) electrons. The van der Waals surface area contributed by atoms with Crippen molar-refractivity contribution in [1.82, 2.24) is 4.90 Å². The van der Waals surface area contributed by atoms with Gasteiger partial charge in [0, 0.05) is 30.6 Å². The highest BCUT2D eigenvalue weighted by atomic mass is 16.5. The lowest BCUT2D eigenvalue weighted by Crippen LogP contribution is -2.46. The molecule has 1 saturated heterocycles. The van der Waals surface area contributed by atoms with Crippen molar-refractivity contribution in [1.29, 1.82) is 0 Å². The number of benzene rings is 1. The standard InChI is InChI=1S/C21H36N2O/c1-6-24-21-12-17(5)16(4)11-18(21)19(13-22)20-9-7-8-10-23(20)14-15(2)3/h11-12,15,19-20H,6-10,13-14,22H2,1-5H3. The predicted molar refractivity (Wildman–Crippen MR) is 103 cm³/mol. The summed E-state index contributed by atoms with van der Waals surface area (Å²) in [7, 11) is 0. The molecule has 1 aliphatic rings. The Hall–Kier alpha value is -1.06. The minimum Gasteiger partial charge on any atom is -0.494 e. The molecule has 0 bridgehead atoms. The molecule has 3 nitrogen and oxygen atoms in total. The van der Waals surface area contributed by atoms with Gasteiger partial charge in [0.15, 0.2) is 0 Å². The fourth-order valence-electron chi connectivity index (χ4n) is 4.04. The molecule has 1 heterocycles. The van der Waals surface area contributed by atoms with Gasteiger partial charge in [0.05, 0.1) is 6.61 Å². The van der Waals surface area contributed by atoms with Gasteiger partial charge in [-0.3, -0.25) is 4.90 Å². The van der Waals surface area contributed by atoms with Gasteiger partial charge in [0.2, 0.25) is 0 Å². The van der Waals surface area contributed by atoms with Crippen LogP contribution < -0.4 is 10.5 Å². The van der Waals surface area contributed by atoms with Crippen LogP contribution in [-0.4, -0.2) is 37.2 Å². The molecule has 0 saturated carbocycles. The van der Waals surface area contributed by atoms with Gasteiger partial charge in [-0.15, -0.1) is 0 Å². The van der Waals surface area contributed by atoms with Gasteiger partial charge in [-0.2, -0.15) is 0 Å². The average Bonchev–Trinajstić information content (AvgIpc) is 2.54. The minimum atomic E-state index is 0.352. The SMILES string of the molecule is CCOc1cc(C)c(C)cc1C(CN)C1CCCCN1CC(C)C. The van der Waals surface area contributed by atoms with Crippen LogP contribution >= 0.6 is 0 Å². The summed E-state index contributed by atoms with van der Waals surface area (Å²) in [6.07, 6.45) is 3.86. The van der Waals surface area contributed by atoms with E-state index in [1.165, 1.54) is 42.5 Å². The zero-order valence-corrected chi connectivity index (χ0v) is 16.3. The third kappa shape index (κ3) is 4.52. The lowest BCUT2D eigenvalue weighted by Gasteiger charge is -2.41. The van der Waals surface area contributed by atoms with Crippen LogP contribution in [-0.2, 0) is 0 Å². The topological polar surface area (TPSA) is 38.5 Å². The summed E-state index contributed by atoms with van der Waals surface area (Å²) in [4.78, 5) is 2.68. The first kappa shape index (κ1) is 19.3. The van der Waals surface area contributed by atoms with E-state index in [9.17, 15) is 0 Å². The minimum absolute atomic E-state index is 0.352. The molecule has 1 fully saturated rings. The second-order valence-electron chi connectivity index (χ2n) is 7.70. The Morgan fingerprint density at radius 3 is 2.54 bits per heavy atom. The second kappa shape index (κ2) is 8.87. The monoisotopic (exact) mass is 332 g/mol. The third-order valence-electron chi connectivity index (χ3n) is 5.31. The van der Waals surface area contributed by atoms with Crippen LogP contribution in [0.25, 0.3) is 0 Å². The highest BCUT2D eigenvalue weighted by Crippen LogP contribution is 2.36. The van der Waals surface area contributed by atoms with Crippen LogP contribution in [0, 0.1) is 19.8 Å². The maximum absolute atomic E-state index is 6.30. The third-order valence-corrected chi connectivity index (χ3v) is 5.31. The summed E-state index contributed by atoms with van der Waals surface area (Å²) < 4.78 is 5.99. The summed E-state index contributed by atoms with van der Waals surface area (Å²) in [6, 6.07) is 5.05. The average molecular weight is 333 g/mol. The van der Waals surface area contributed by atoms with E-state index in [1.807, 2.05) is 0 Å². The van der Waals surface area contributed by atoms with E-state index >= 15 is 0 Å². The van der Waals surface area contributed by atoms with Crippen LogP contribution in [0.2, 0.25) is 0 Å². The number of rotatable bonds is 7. The molecule has 0 aliphatic carbocycles. The van der Waals surface area contributed by atoms with E-state index in [0.29, 0.717) is 31.0 Å². The number of hydrogen-bond donors (Lipinski definition) is 1. The normalized spacial score (nSPS) is 20.4. The highest BCUT2D eigenvalue weighted by Gasteiger charge is 2.32. The van der Waals surface area contributed by atoms with E-state index in [2.05, 4.69) is 51.7 Å². The molecular weight excluding hydrogens is 296 g/mol. The van der Waals surface area contributed by atoms with Gasteiger partial charge in [0.1, 0.15) is 5.75 Å². The van der Waals surface area contributed by atoms with Gasteiger partial charge in [-0.1, -0.05) is 26.3 Å². The van der Waals surface area contributed by atoms with Gasteiger partial charge >= 0.3 is 0 Å². The lowest BCUT2D eigenvalue weighted by molar-refractivity contribution is 0.111. The maximum Gasteiger partial charge on any atom is 0.123 e. The Bertz CT molecular complexity index is 527. The molecule has 2 atom stereocenters. The van der Waals surface area contributed by atoms with Gasteiger partial charge < -0.3 is 10.5 Å². The first-order valence-corrected chi connectivity index (χ1v) is 9.65. The van der Waals surface area contributed by atoms with Crippen molar-refractivity contribution in [2.45, 2.75) is 65.8 Å². The number of hydrogen-bond acceptors (Lipinski definition) is 3. The van der Waals surface area contributed by atoms with Crippen molar-refractivity contribution >= 4 is 0 Å². The molecule has 1 aromatic carbocycles. The van der Waals surface area contributed by atoms with Gasteiger partial charge in [-0.05, 0) is 63.3 Å². The Labute approximate surface area is 148 Å². The second-order valence-corrected chi connectivity index (χ2v) is 7.70. The van der Waals surface area contributed by atoms with E-state index in [-0.39, 0.29) is 0 Å². The molecule has 2 rings (SSSR count). The fourth-order valence-corrected chi connectivity index (χ4v) is 4.04. The Morgan fingerprint density at radius 1 is 1.21 bits per heavy atom. The maximum atomic E-state index is 6.30. The van der Waals surface area contributed by atoms with Crippen LogP contribution in [0.5, 0.6) is 5.75 Å². The summed E-state index contributed by atoms with van der Waals surface area (Å²) in [5.41, 5.74) is 10.2. The van der Waals surface area contributed by atoms with Crippen molar-refractivity contribution < 1.29 is 4.74 Å². The van der Waals surface area contributed by atoms with Crippen LogP contribution in [0.15, 0.2) is 12.1 Å². The summed E-state index contributed by atoms with van der Waals surface area (Å²) >= 11 is 0. The largest absolute Gasteiger partial charge is 0.494 e. The predicted octanol–water partition coefficient (Wildman–Crippen LogP) is 4.25. The van der Waals surface area contributed by atoms with Crippen molar-refractivity contribution in [2.75, 3.05) is 26.2 Å². The Kier molecular flexibility index (Phi) is 7.12. The van der Waals surface area contributed by atoms with E-state index in [0.717, 1.165) is 12.3 Å². The molecule has 1 aliphatic heterocycles. The summed E-state index contributed by atoms with van der Waals surface area (Å²) in [5.74, 6) is 2.08. The summed E-state index contributed by atoms with van der Waals surface area (Å²) in [5, 5.41) is 0. The number of ether oxygens (including phenoxy) is 1. The number of nitrogens with two attached hydrogens (primary N) is 1. The smallest absolute Gasteiger partial charge is 0.123 e. The van der Waals surface area contributed by atoms with Crippen molar-refractivity contribution in [3.05, 3.63) is 28.8 Å². The van der Waals surface area contributed by atoms with E-state index in [1.54, 1.807) is 0 Å². The molecule has 136 valence electrons. The van der Waals surface area contributed by atoms with Crippen molar-refractivity contribution in [2.24, 2.45) is 11.7 Å². The Morgan fingerprint density at radius 2 is 1.92 bits per heavy atom.